The zero-order valence-corrected chi connectivity index (χ0v) is 11.8. The molecule has 2 unspecified atom stereocenters. The molecule has 2 N–H and O–H groups in total. The van der Waals surface area contributed by atoms with Gasteiger partial charge in [0.1, 0.15) is 5.82 Å². The number of benzene rings is 1. The molecule has 0 saturated carbocycles. The second kappa shape index (κ2) is 6.50. The second-order valence-electron chi connectivity index (χ2n) is 5.19. The lowest BCUT2D eigenvalue weighted by Crippen LogP contribution is -2.27. The van der Waals surface area contributed by atoms with Gasteiger partial charge in [-0.05, 0) is 56.0 Å². The van der Waals surface area contributed by atoms with Crippen molar-refractivity contribution in [3.63, 3.8) is 0 Å². The van der Waals surface area contributed by atoms with Crippen molar-refractivity contribution in [2.75, 3.05) is 13.1 Å². The van der Waals surface area contributed by atoms with E-state index in [1.54, 1.807) is 6.07 Å². The minimum absolute atomic E-state index is 0. The van der Waals surface area contributed by atoms with Gasteiger partial charge in [-0.3, -0.25) is 4.90 Å². The summed E-state index contributed by atoms with van der Waals surface area (Å²) in [6.07, 6.45) is 1.16. The summed E-state index contributed by atoms with van der Waals surface area (Å²) < 4.78 is 13.2. The van der Waals surface area contributed by atoms with Crippen molar-refractivity contribution in [1.82, 2.24) is 4.90 Å². The van der Waals surface area contributed by atoms with Gasteiger partial charge >= 0.3 is 0 Å². The lowest BCUT2D eigenvalue weighted by Gasteiger charge is -2.22. The van der Waals surface area contributed by atoms with E-state index in [2.05, 4.69) is 11.8 Å². The van der Waals surface area contributed by atoms with Gasteiger partial charge in [-0.1, -0.05) is 6.07 Å². The van der Waals surface area contributed by atoms with Crippen LogP contribution in [-0.4, -0.2) is 24.0 Å². The maximum absolute atomic E-state index is 13.2. The summed E-state index contributed by atoms with van der Waals surface area (Å²) in [5.74, 6) is 0.451. The monoisotopic (exact) mass is 272 g/mol. The quantitative estimate of drug-likeness (QED) is 0.917. The first-order valence-corrected chi connectivity index (χ1v) is 6.29. The van der Waals surface area contributed by atoms with Gasteiger partial charge in [0.15, 0.2) is 0 Å². The lowest BCUT2D eigenvalue weighted by atomic mass is 10.1. The zero-order chi connectivity index (χ0) is 12.4. The Hall–Kier alpha value is -0.640. The minimum atomic E-state index is -0.146. The van der Waals surface area contributed by atoms with Crippen LogP contribution in [0.25, 0.3) is 0 Å². The molecule has 0 spiro atoms. The van der Waals surface area contributed by atoms with Crippen molar-refractivity contribution in [2.45, 2.75) is 32.9 Å². The Balaban J connectivity index is 0.00000162. The standard InChI is InChI=1S/C14H21FN2.ClH/c1-10-3-4-14(15)6-13(10)9-17-8-12(7-16)5-11(17)2;/h3-4,6,11-12H,5,7-9,16H2,1-2H3;1H. The first-order chi connectivity index (χ1) is 8.10. The molecule has 1 saturated heterocycles. The normalized spacial score (nSPS) is 24.0. The topological polar surface area (TPSA) is 29.3 Å². The van der Waals surface area contributed by atoms with E-state index in [0.29, 0.717) is 12.0 Å². The number of halogens is 2. The predicted molar refractivity (Wildman–Crippen MR) is 75.4 cm³/mol. The van der Waals surface area contributed by atoms with E-state index in [1.807, 2.05) is 13.0 Å². The predicted octanol–water partition coefficient (Wildman–Crippen LogP) is 2.73. The van der Waals surface area contributed by atoms with Gasteiger partial charge in [-0.2, -0.15) is 0 Å². The van der Waals surface area contributed by atoms with E-state index < -0.39 is 0 Å². The number of nitrogens with two attached hydrogens (primary N) is 1. The van der Waals surface area contributed by atoms with Crippen LogP contribution in [0.15, 0.2) is 18.2 Å². The first kappa shape index (κ1) is 15.4. The molecule has 0 amide bonds. The highest BCUT2D eigenvalue weighted by Crippen LogP contribution is 2.25. The van der Waals surface area contributed by atoms with Crippen LogP contribution in [0, 0.1) is 18.7 Å². The molecule has 0 aliphatic carbocycles. The fourth-order valence-electron chi connectivity index (χ4n) is 2.64. The number of likely N-dealkylation sites (tertiary alicyclic amines) is 1. The second-order valence-corrected chi connectivity index (χ2v) is 5.19. The van der Waals surface area contributed by atoms with E-state index in [9.17, 15) is 4.39 Å². The van der Waals surface area contributed by atoms with Crippen molar-refractivity contribution >= 4 is 12.4 Å². The van der Waals surface area contributed by atoms with Gasteiger partial charge in [-0.25, -0.2) is 4.39 Å². The van der Waals surface area contributed by atoms with E-state index in [-0.39, 0.29) is 18.2 Å². The van der Waals surface area contributed by atoms with Gasteiger partial charge in [0.05, 0.1) is 0 Å². The summed E-state index contributed by atoms with van der Waals surface area (Å²) in [7, 11) is 0. The molecule has 102 valence electrons. The Bertz CT molecular complexity index is 397. The summed E-state index contributed by atoms with van der Waals surface area (Å²) in [5.41, 5.74) is 7.97. The molecule has 4 heteroatoms. The van der Waals surface area contributed by atoms with Crippen molar-refractivity contribution < 1.29 is 4.39 Å². The number of hydrogen-bond donors (Lipinski definition) is 1. The Morgan fingerprint density at radius 2 is 2.17 bits per heavy atom. The van der Waals surface area contributed by atoms with Gasteiger partial charge in [0.2, 0.25) is 0 Å². The summed E-state index contributed by atoms with van der Waals surface area (Å²) in [5, 5.41) is 0. The summed E-state index contributed by atoms with van der Waals surface area (Å²) in [6, 6.07) is 5.57. The number of rotatable bonds is 3. The van der Waals surface area contributed by atoms with Crippen LogP contribution in [0.5, 0.6) is 0 Å². The Morgan fingerprint density at radius 1 is 1.44 bits per heavy atom. The third-order valence-corrected chi connectivity index (χ3v) is 3.81. The van der Waals surface area contributed by atoms with E-state index >= 15 is 0 Å². The molecule has 1 fully saturated rings. The number of nitrogens with zero attached hydrogens (tertiary/aromatic N) is 1. The van der Waals surface area contributed by atoms with Crippen molar-refractivity contribution in [3.05, 3.63) is 35.1 Å². The molecule has 2 nitrogen and oxygen atoms in total. The molecule has 0 aromatic heterocycles. The highest BCUT2D eigenvalue weighted by molar-refractivity contribution is 5.85. The van der Waals surface area contributed by atoms with Gasteiger partial charge in [0, 0.05) is 19.1 Å². The molecule has 1 aliphatic heterocycles. The molecule has 0 bridgehead atoms. The van der Waals surface area contributed by atoms with E-state index in [0.717, 1.165) is 37.2 Å². The Labute approximate surface area is 115 Å². The van der Waals surface area contributed by atoms with Crippen LogP contribution < -0.4 is 5.73 Å². The molecule has 1 aromatic carbocycles. The minimum Gasteiger partial charge on any atom is -0.330 e. The Morgan fingerprint density at radius 3 is 2.78 bits per heavy atom. The number of aryl methyl sites for hydroxylation is 1. The van der Waals surface area contributed by atoms with Gasteiger partial charge < -0.3 is 5.73 Å². The van der Waals surface area contributed by atoms with Crippen molar-refractivity contribution in [2.24, 2.45) is 11.7 Å². The van der Waals surface area contributed by atoms with Gasteiger partial charge in [0.25, 0.3) is 0 Å². The molecule has 2 rings (SSSR count). The Kier molecular flexibility index (Phi) is 5.57. The smallest absolute Gasteiger partial charge is 0.123 e. The SMILES string of the molecule is Cc1ccc(F)cc1CN1CC(CN)CC1C.Cl. The summed E-state index contributed by atoms with van der Waals surface area (Å²) >= 11 is 0. The molecule has 1 aromatic rings. The van der Waals surface area contributed by atoms with E-state index in [4.69, 9.17) is 5.73 Å². The molecule has 0 radical (unpaired) electrons. The third-order valence-electron chi connectivity index (χ3n) is 3.81. The maximum atomic E-state index is 13.2. The summed E-state index contributed by atoms with van der Waals surface area (Å²) in [4.78, 5) is 2.40. The van der Waals surface area contributed by atoms with Crippen molar-refractivity contribution in [1.29, 1.82) is 0 Å². The highest BCUT2D eigenvalue weighted by Gasteiger charge is 2.28. The average molecular weight is 273 g/mol. The molecular formula is C14H22ClFN2. The third kappa shape index (κ3) is 3.44. The molecular weight excluding hydrogens is 251 g/mol. The van der Waals surface area contributed by atoms with Crippen LogP contribution in [0.4, 0.5) is 4.39 Å². The fraction of sp³-hybridized carbons (Fsp3) is 0.571. The van der Waals surface area contributed by atoms with Crippen LogP contribution >= 0.6 is 12.4 Å². The molecule has 1 heterocycles. The maximum Gasteiger partial charge on any atom is 0.123 e. The molecule has 1 aliphatic rings. The van der Waals surface area contributed by atoms with Crippen molar-refractivity contribution in [3.8, 4) is 0 Å². The first-order valence-electron chi connectivity index (χ1n) is 6.29. The van der Waals surface area contributed by atoms with Gasteiger partial charge in [-0.15, -0.1) is 12.4 Å². The van der Waals surface area contributed by atoms with E-state index in [1.165, 1.54) is 6.07 Å². The largest absolute Gasteiger partial charge is 0.330 e. The number of hydrogen-bond acceptors (Lipinski definition) is 2. The average Bonchev–Trinajstić information content (AvgIpc) is 2.65. The molecule has 2 atom stereocenters. The summed E-state index contributed by atoms with van der Waals surface area (Å²) in [6.45, 7) is 6.89. The fourth-order valence-corrected chi connectivity index (χ4v) is 2.64. The van der Waals surface area contributed by atoms with Crippen LogP contribution in [-0.2, 0) is 6.54 Å². The zero-order valence-electron chi connectivity index (χ0n) is 11.0. The van der Waals surface area contributed by atoms with Crippen LogP contribution in [0.2, 0.25) is 0 Å². The van der Waals surface area contributed by atoms with Crippen LogP contribution in [0.1, 0.15) is 24.5 Å². The lowest BCUT2D eigenvalue weighted by molar-refractivity contribution is 0.255. The molecule has 18 heavy (non-hydrogen) atoms. The van der Waals surface area contributed by atoms with Crippen LogP contribution in [0.3, 0.4) is 0 Å². The highest BCUT2D eigenvalue weighted by atomic mass is 35.5.